The van der Waals surface area contributed by atoms with Crippen molar-refractivity contribution in [3.63, 3.8) is 0 Å². The number of anilines is 2. The minimum atomic E-state index is -1.12. The molecular formula is C22H12Cl2N2O5. The van der Waals surface area contributed by atoms with Gasteiger partial charge in [-0.05, 0) is 54.6 Å². The molecule has 3 aromatic rings. The lowest BCUT2D eigenvalue weighted by Gasteiger charge is -2.14. The zero-order valence-electron chi connectivity index (χ0n) is 15.6. The minimum Gasteiger partial charge on any atom is -0.478 e. The molecule has 0 fully saturated rings. The smallest absolute Gasteiger partial charge is 0.335 e. The number of rotatable bonds is 4. The van der Waals surface area contributed by atoms with E-state index in [-0.39, 0.29) is 43.7 Å². The van der Waals surface area contributed by atoms with Gasteiger partial charge in [0, 0.05) is 11.3 Å². The second kappa shape index (κ2) is 7.86. The van der Waals surface area contributed by atoms with Crippen molar-refractivity contribution in [2.24, 2.45) is 0 Å². The molecule has 0 spiro atoms. The molecule has 1 aliphatic heterocycles. The zero-order chi connectivity index (χ0) is 22.3. The van der Waals surface area contributed by atoms with E-state index in [0.29, 0.717) is 0 Å². The Hall–Kier alpha value is -3.68. The predicted octanol–water partition coefficient (Wildman–Crippen LogP) is 4.74. The van der Waals surface area contributed by atoms with E-state index in [0.717, 1.165) is 4.90 Å². The first-order valence-corrected chi connectivity index (χ1v) is 9.64. The number of fused-ring (bicyclic) bond motifs is 1. The van der Waals surface area contributed by atoms with Gasteiger partial charge in [-0.3, -0.25) is 14.4 Å². The van der Waals surface area contributed by atoms with Gasteiger partial charge >= 0.3 is 5.97 Å². The SMILES string of the molecule is O=C(O)c1cccc(NC(=O)c2ccc3c(c2)C(=O)N(c2ccc(Cl)c(Cl)c2)C3=O)c1. The maximum Gasteiger partial charge on any atom is 0.335 e. The molecule has 0 saturated heterocycles. The van der Waals surface area contributed by atoms with Crippen LogP contribution in [0.4, 0.5) is 11.4 Å². The van der Waals surface area contributed by atoms with Crippen molar-refractivity contribution >= 4 is 58.3 Å². The molecule has 0 unspecified atom stereocenters. The maximum atomic E-state index is 12.9. The summed E-state index contributed by atoms with van der Waals surface area (Å²) in [7, 11) is 0. The van der Waals surface area contributed by atoms with E-state index >= 15 is 0 Å². The number of nitrogens with one attached hydrogen (secondary N) is 1. The van der Waals surface area contributed by atoms with E-state index in [1.807, 2.05) is 0 Å². The number of amides is 3. The third-order valence-corrected chi connectivity index (χ3v) is 5.42. The second-order valence-corrected chi connectivity index (χ2v) is 7.46. The van der Waals surface area contributed by atoms with Gasteiger partial charge in [0.05, 0.1) is 32.4 Å². The highest BCUT2D eigenvalue weighted by atomic mass is 35.5. The summed E-state index contributed by atoms with van der Waals surface area (Å²) in [4.78, 5) is 50.3. The van der Waals surface area contributed by atoms with Crippen LogP contribution in [0.1, 0.15) is 41.4 Å². The lowest BCUT2D eigenvalue weighted by molar-refractivity contribution is 0.0696. The summed E-state index contributed by atoms with van der Waals surface area (Å²) in [6.07, 6.45) is 0. The van der Waals surface area contributed by atoms with E-state index in [4.69, 9.17) is 28.3 Å². The van der Waals surface area contributed by atoms with Gasteiger partial charge in [-0.2, -0.15) is 0 Å². The van der Waals surface area contributed by atoms with Crippen LogP contribution in [-0.4, -0.2) is 28.8 Å². The van der Waals surface area contributed by atoms with E-state index in [1.165, 1.54) is 54.6 Å². The second-order valence-electron chi connectivity index (χ2n) is 6.64. The standard InChI is InChI=1S/C22H12Cl2N2O5/c23-17-7-5-14(10-18(17)24)26-20(28)15-6-4-11(9-16(15)21(26)29)19(27)25-13-3-1-2-12(8-13)22(30)31/h1-10H,(H,25,27)(H,30,31). The molecule has 0 atom stereocenters. The van der Waals surface area contributed by atoms with Crippen LogP contribution in [0.5, 0.6) is 0 Å². The fourth-order valence-electron chi connectivity index (χ4n) is 3.17. The lowest BCUT2D eigenvalue weighted by Crippen LogP contribution is -2.29. The van der Waals surface area contributed by atoms with Crippen molar-refractivity contribution in [1.82, 2.24) is 0 Å². The number of hydrogen-bond acceptors (Lipinski definition) is 4. The molecule has 0 radical (unpaired) electrons. The topological polar surface area (TPSA) is 104 Å². The molecule has 7 nitrogen and oxygen atoms in total. The monoisotopic (exact) mass is 454 g/mol. The largest absolute Gasteiger partial charge is 0.478 e. The Kier molecular flexibility index (Phi) is 5.22. The molecule has 3 aromatic carbocycles. The summed E-state index contributed by atoms with van der Waals surface area (Å²) in [5, 5.41) is 12.1. The van der Waals surface area contributed by atoms with E-state index < -0.39 is 23.7 Å². The van der Waals surface area contributed by atoms with Gasteiger partial charge in [0.1, 0.15) is 0 Å². The summed E-state index contributed by atoms with van der Waals surface area (Å²) in [5.74, 6) is -2.82. The minimum absolute atomic E-state index is 0.0183. The van der Waals surface area contributed by atoms with Crippen molar-refractivity contribution in [2.75, 3.05) is 10.2 Å². The van der Waals surface area contributed by atoms with E-state index in [9.17, 15) is 19.2 Å². The number of carbonyl (C=O) groups excluding carboxylic acids is 3. The molecule has 4 rings (SSSR count). The predicted molar refractivity (Wildman–Crippen MR) is 115 cm³/mol. The van der Waals surface area contributed by atoms with Crippen LogP contribution in [0.3, 0.4) is 0 Å². The number of hydrogen-bond donors (Lipinski definition) is 2. The Morgan fingerprint density at radius 1 is 0.806 bits per heavy atom. The first-order chi connectivity index (χ1) is 14.8. The van der Waals surface area contributed by atoms with Gasteiger partial charge < -0.3 is 10.4 Å². The summed E-state index contributed by atoms with van der Waals surface area (Å²) in [6, 6.07) is 14.3. The molecule has 3 amide bonds. The van der Waals surface area contributed by atoms with Crippen LogP contribution in [0.15, 0.2) is 60.7 Å². The third kappa shape index (κ3) is 3.76. The highest BCUT2D eigenvalue weighted by Gasteiger charge is 2.37. The highest BCUT2D eigenvalue weighted by Crippen LogP contribution is 2.33. The Bertz CT molecular complexity index is 1290. The van der Waals surface area contributed by atoms with E-state index in [2.05, 4.69) is 5.32 Å². The number of carboxylic acids is 1. The molecule has 1 aliphatic rings. The number of carbonyl (C=O) groups is 4. The number of halogens is 2. The maximum absolute atomic E-state index is 12.9. The van der Waals surface area contributed by atoms with Crippen LogP contribution >= 0.6 is 23.2 Å². The van der Waals surface area contributed by atoms with Gasteiger partial charge in [-0.15, -0.1) is 0 Å². The third-order valence-electron chi connectivity index (χ3n) is 4.68. The average Bonchev–Trinajstić information content (AvgIpc) is 3.00. The quantitative estimate of drug-likeness (QED) is 0.553. The molecule has 9 heteroatoms. The van der Waals surface area contributed by atoms with Gasteiger partial charge in [0.25, 0.3) is 17.7 Å². The summed E-state index contributed by atoms with van der Waals surface area (Å²) >= 11 is 11.9. The van der Waals surface area contributed by atoms with Crippen molar-refractivity contribution in [3.8, 4) is 0 Å². The van der Waals surface area contributed by atoms with Crippen LogP contribution in [0.2, 0.25) is 10.0 Å². The Labute approximate surface area is 185 Å². The van der Waals surface area contributed by atoms with Crippen LogP contribution in [-0.2, 0) is 0 Å². The van der Waals surface area contributed by atoms with Crippen LogP contribution < -0.4 is 10.2 Å². The molecule has 1 heterocycles. The summed E-state index contributed by atoms with van der Waals surface area (Å²) < 4.78 is 0. The normalized spacial score (nSPS) is 12.6. The van der Waals surface area contributed by atoms with Gasteiger partial charge in [0.2, 0.25) is 0 Å². The molecule has 0 aromatic heterocycles. The Morgan fingerprint density at radius 3 is 2.26 bits per heavy atom. The zero-order valence-corrected chi connectivity index (χ0v) is 17.1. The van der Waals surface area contributed by atoms with Crippen molar-refractivity contribution in [1.29, 1.82) is 0 Å². The number of aromatic carboxylic acids is 1. The Morgan fingerprint density at radius 2 is 1.55 bits per heavy atom. The van der Waals surface area contributed by atoms with Crippen molar-refractivity contribution in [2.45, 2.75) is 0 Å². The number of benzene rings is 3. The lowest BCUT2D eigenvalue weighted by atomic mass is 10.1. The average molecular weight is 455 g/mol. The molecule has 2 N–H and O–H groups in total. The van der Waals surface area contributed by atoms with Gasteiger partial charge in [-0.1, -0.05) is 29.3 Å². The van der Waals surface area contributed by atoms with Gasteiger partial charge in [-0.25, -0.2) is 9.69 Å². The molecule has 31 heavy (non-hydrogen) atoms. The number of carboxylic acid groups (broad SMARTS) is 1. The molecule has 0 saturated carbocycles. The molecule has 0 bridgehead atoms. The first-order valence-electron chi connectivity index (χ1n) is 8.89. The van der Waals surface area contributed by atoms with Crippen molar-refractivity contribution < 1.29 is 24.3 Å². The van der Waals surface area contributed by atoms with Crippen LogP contribution in [0, 0.1) is 0 Å². The summed E-state index contributed by atoms with van der Waals surface area (Å²) in [5.41, 5.74) is 0.923. The van der Waals surface area contributed by atoms with E-state index in [1.54, 1.807) is 6.07 Å². The molecule has 154 valence electrons. The first kappa shape index (κ1) is 20.6. The Balaban J connectivity index is 1.62. The van der Waals surface area contributed by atoms with Gasteiger partial charge in [0.15, 0.2) is 0 Å². The molecule has 0 aliphatic carbocycles. The molecular weight excluding hydrogens is 443 g/mol. The fraction of sp³-hybridized carbons (Fsp3) is 0. The number of imide groups is 1. The highest BCUT2D eigenvalue weighted by molar-refractivity contribution is 6.42. The number of nitrogens with zero attached hydrogens (tertiary/aromatic N) is 1. The van der Waals surface area contributed by atoms with Crippen LogP contribution in [0.25, 0.3) is 0 Å². The van der Waals surface area contributed by atoms with Crippen molar-refractivity contribution in [3.05, 3.63) is 93.0 Å². The fourth-order valence-corrected chi connectivity index (χ4v) is 3.47. The summed E-state index contributed by atoms with van der Waals surface area (Å²) in [6.45, 7) is 0.